The number of rotatable bonds is 4. The molecule has 3 N–H and O–H groups in total. The lowest BCUT2D eigenvalue weighted by atomic mass is 10.1. The Hall–Kier alpha value is -2.47. The molecular weight excluding hydrogens is 257 g/mol. The van der Waals surface area contributed by atoms with Gasteiger partial charge in [-0.15, -0.1) is 5.10 Å². The number of benzene rings is 1. The Balaban J connectivity index is 1.79. The number of hydrogen-bond donors (Lipinski definition) is 2. The van der Waals surface area contributed by atoms with Crippen molar-refractivity contribution in [3.63, 3.8) is 0 Å². The van der Waals surface area contributed by atoms with Crippen molar-refractivity contribution >= 4 is 11.6 Å². The zero-order valence-electron chi connectivity index (χ0n) is 10.8. The topological polar surface area (TPSA) is 68.2 Å². The molecule has 1 aromatic carbocycles. The minimum absolute atomic E-state index is 0.345. The molecule has 0 aliphatic carbocycles. The van der Waals surface area contributed by atoms with E-state index in [4.69, 9.17) is 5.73 Å². The fourth-order valence-electron chi connectivity index (χ4n) is 2.04. The van der Waals surface area contributed by atoms with Crippen molar-refractivity contribution in [2.24, 2.45) is 5.73 Å². The monoisotopic (exact) mass is 271 g/mol. The molecule has 0 saturated heterocycles. The van der Waals surface area contributed by atoms with E-state index in [9.17, 15) is 4.39 Å². The van der Waals surface area contributed by atoms with Crippen molar-refractivity contribution in [3.8, 4) is 0 Å². The van der Waals surface area contributed by atoms with Gasteiger partial charge in [0.05, 0.1) is 6.20 Å². The summed E-state index contributed by atoms with van der Waals surface area (Å²) in [7, 11) is 0. The van der Waals surface area contributed by atoms with Crippen LogP contribution in [0.25, 0.3) is 5.65 Å². The smallest absolute Gasteiger partial charge is 0.243 e. The van der Waals surface area contributed by atoms with Gasteiger partial charge in [-0.2, -0.15) is 4.98 Å². The number of pyridine rings is 1. The van der Waals surface area contributed by atoms with Crippen molar-refractivity contribution < 1.29 is 4.39 Å². The zero-order chi connectivity index (χ0) is 13.9. The first-order chi connectivity index (χ1) is 9.76. The molecule has 2 aromatic heterocycles. The summed E-state index contributed by atoms with van der Waals surface area (Å²) in [5.41, 5.74) is 8.47. The number of nitrogens with zero attached hydrogens (tertiary/aromatic N) is 3. The summed E-state index contributed by atoms with van der Waals surface area (Å²) in [6.07, 6.45) is 1.29. The Morgan fingerprint density at radius 1 is 1.15 bits per heavy atom. The van der Waals surface area contributed by atoms with Crippen LogP contribution in [0.1, 0.15) is 11.1 Å². The Morgan fingerprint density at radius 2 is 1.95 bits per heavy atom. The highest BCUT2D eigenvalue weighted by molar-refractivity contribution is 5.43. The average Bonchev–Trinajstić information content (AvgIpc) is 2.87. The molecule has 6 heteroatoms. The van der Waals surface area contributed by atoms with Crippen LogP contribution >= 0.6 is 0 Å². The normalized spacial score (nSPS) is 10.9. The Kier molecular flexibility index (Phi) is 3.30. The lowest BCUT2D eigenvalue weighted by Crippen LogP contribution is -2.07. The van der Waals surface area contributed by atoms with Crippen molar-refractivity contribution in [3.05, 3.63) is 59.5 Å². The molecule has 2 heterocycles. The van der Waals surface area contributed by atoms with E-state index in [1.165, 1.54) is 16.8 Å². The van der Waals surface area contributed by atoms with Crippen LogP contribution in [0.15, 0.2) is 42.6 Å². The van der Waals surface area contributed by atoms with Gasteiger partial charge in [0.1, 0.15) is 5.82 Å². The maximum Gasteiger partial charge on any atom is 0.243 e. The van der Waals surface area contributed by atoms with Gasteiger partial charge in [0.25, 0.3) is 0 Å². The van der Waals surface area contributed by atoms with Crippen LogP contribution < -0.4 is 11.1 Å². The summed E-state index contributed by atoms with van der Waals surface area (Å²) < 4.78 is 14.5. The second-order valence-electron chi connectivity index (χ2n) is 4.41. The molecule has 0 spiro atoms. The van der Waals surface area contributed by atoms with Gasteiger partial charge in [0.2, 0.25) is 5.95 Å². The van der Waals surface area contributed by atoms with Crippen LogP contribution in [0, 0.1) is 5.82 Å². The number of hydrogen-bond acceptors (Lipinski definition) is 4. The van der Waals surface area contributed by atoms with Crippen LogP contribution in [0.2, 0.25) is 0 Å². The summed E-state index contributed by atoms with van der Waals surface area (Å²) in [6, 6.07) is 10.9. The van der Waals surface area contributed by atoms with E-state index in [0.717, 1.165) is 11.1 Å². The lowest BCUT2D eigenvalue weighted by Gasteiger charge is -2.07. The molecule has 0 unspecified atom stereocenters. The predicted octanol–water partition coefficient (Wildman–Crippen LogP) is 1.94. The largest absolute Gasteiger partial charge is 0.349 e. The third kappa shape index (κ3) is 2.46. The van der Waals surface area contributed by atoms with Gasteiger partial charge >= 0.3 is 0 Å². The van der Waals surface area contributed by atoms with Crippen LogP contribution in [0.4, 0.5) is 10.3 Å². The number of aromatic nitrogens is 3. The van der Waals surface area contributed by atoms with Gasteiger partial charge in [0.15, 0.2) is 5.65 Å². The summed E-state index contributed by atoms with van der Waals surface area (Å²) in [4.78, 5) is 4.27. The second kappa shape index (κ2) is 5.26. The van der Waals surface area contributed by atoms with Crippen molar-refractivity contribution in [2.75, 3.05) is 5.32 Å². The minimum atomic E-state index is -0.345. The fourth-order valence-corrected chi connectivity index (χ4v) is 2.04. The van der Waals surface area contributed by atoms with E-state index in [1.807, 2.05) is 24.3 Å². The third-order valence-corrected chi connectivity index (χ3v) is 3.07. The molecule has 0 saturated carbocycles. The Bertz CT molecular complexity index is 737. The Labute approximate surface area is 115 Å². The first-order valence-electron chi connectivity index (χ1n) is 6.29. The molecule has 0 aliphatic heterocycles. The standard InChI is InChI=1S/C14H14FN5/c15-12-5-6-13-18-14(19-20(13)9-12)17-8-11-4-2-1-3-10(11)7-16/h1-6,9H,7-8,16H2,(H,17,19). The van der Waals surface area contributed by atoms with Crippen molar-refractivity contribution in [2.45, 2.75) is 13.1 Å². The quantitative estimate of drug-likeness (QED) is 0.761. The van der Waals surface area contributed by atoms with Crippen LogP contribution in [0.5, 0.6) is 0 Å². The summed E-state index contributed by atoms with van der Waals surface area (Å²) in [6.45, 7) is 1.06. The minimum Gasteiger partial charge on any atom is -0.349 e. The zero-order valence-corrected chi connectivity index (χ0v) is 10.8. The third-order valence-electron chi connectivity index (χ3n) is 3.07. The van der Waals surface area contributed by atoms with Crippen molar-refractivity contribution in [1.82, 2.24) is 14.6 Å². The van der Waals surface area contributed by atoms with E-state index >= 15 is 0 Å². The summed E-state index contributed by atoms with van der Waals surface area (Å²) in [5, 5.41) is 7.29. The molecular formula is C14H14FN5. The molecule has 0 amide bonds. The van der Waals surface area contributed by atoms with Gasteiger partial charge in [-0.1, -0.05) is 24.3 Å². The van der Waals surface area contributed by atoms with E-state index in [1.54, 1.807) is 6.07 Å². The molecule has 3 rings (SSSR count). The van der Waals surface area contributed by atoms with Crippen LogP contribution in [-0.4, -0.2) is 14.6 Å². The van der Waals surface area contributed by atoms with Crippen molar-refractivity contribution in [1.29, 1.82) is 0 Å². The first kappa shape index (κ1) is 12.6. The number of anilines is 1. The second-order valence-corrected chi connectivity index (χ2v) is 4.41. The summed E-state index contributed by atoms with van der Waals surface area (Å²) in [5.74, 6) is 0.116. The molecule has 20 heavy (non-hydrogen) atoms. The fraction of sp³-hybridized carbons (Fsp3) is 0.143. The molecule has 0 aliphatic rings. The van der Waals surface area contributed by atoms with Crippen LogP contribution in [0.3, 0.4) is 0 Å². The average molecular weight is 271 g/mol. The van der Waals surface area contributed by atoms with Gasteiger partial charge in [-0.05, 0) is 23.3 Å². The van der Waals surface area contributed by atoms with E-state index < -0.39 is 0 Å². The SMILES string of the molecule is NCc1ccccc1CNc1nc2ccc(F)cn2n1. The molecule has 0 fully saturated rings. The van der Waals surface area contributed by atoms with E-state index in [2.05, 4.69) is 15.4 Å². The molecule has 0 atom stereocenters. The lowest BCUT2D eigenvalue weighted by molar-refractivity contribution is 0.615. The first-order valence-corrected chi connectivity index (χ1v) is 6.29. The van der Waals surface area contributed by atoms with Crippen LogP contribution in [-0.2, 0) is 13.1 Å². The maximum atomic E-state index is 13.1. The predicted molar refractivity (Wildman–Crippen MR) is 74.6 cm³/mol. The number of nitrogens with one attached hydrogen (secondary N) is 1. The maximum absolute atomic E-state index is 13.1. The Morgan fingerprint density at radius 3 is 2.75 bits per heavy atom. The van der Waals surface area contributed by atoms with Gasteiger partial charge < -0.3 is 11.1 Å². The molecule has 0 radical (unpaired) electrons. The molecule has 0 bridgehead atoms. The highest BCUT2D eigenvalue weighted by atomic mass is 19.1. The number of fused-ring (bicyclic) bond motifs is 1. The molecule has 5 nitrogen and oxygen atoms in total. The molecule has 3 aromatic rings. The molecule has 102 valence electrons. The summed E-state index contributed by atoms with van der Waals surface area (Å²) >= 11 is 0. The highest BCUT2D eigenvalue weighted by Crippen LogP contribution is 2.11. The van der Waals surface area contributed by atoms with Gasteiger partial charge in [0, 0.05) is 13.1 Å². The van der Waals surface area contributed by atoms with Gasteiger partial charge in [-0.3, -0.25) is 0 Å². The number of halogens is 1. The number of nitrogens with two attached hydrogens (primary N) is 1. The van der Waals surface area contributed by atoms with E-state index in [0.29, 0.717) is 24.7 Å². The van der Waals surface area contributed by atoms with Gasteiger partial charge in [-0.25, -0.2) is 8.91 Å². The van der Waals surface area contributed by atoms with E-state index in [-0.39, 0.29) is 5.82 Å². The highest BCUT2D eigenvalue weighted by Gasteiger charge is 2.05.